The number of halogens is 1. The lowest BCUT2D eigenvalue weighted by molar-refractivity contribution is 0.0690. The molecule has 2 aliphatic rings. The summed E-state index contributed by atoms with van der Waals surface area (Å²) >= 11 is 6.30. The maximum atomic E-state index is 11.5. The van der Waals surface area contributed by atoms with E-state index in [9.17, 15) is 9.90 Å². The summed E-state index contributed by atoms with van der Waals surface area (Å²) in [6.07, 6.45) is 8.92. The maximum absolute atomic E-state index is 11.5. The van der Waals surface area contributed by atoms with Gasteiger partial charge in [0.2, 0.25) is 5.88 Å². The van der Waals surface area contributed by atoms with Gasteiger partial charge in [-0.15, -0.1) is 0 Å². The number of nitrogens with zero attached hydrogens (tertiary/aromatic N) is 4. The molecule has 1 saturated heterocycles. The summed E-state index contributed by atoms with van der Waals surface area (Å²) < 4.78 is 5.99. The Morgan fingerprint density at radius 3 is 2.55 bits per heavy atom. The molecule has 3 heterocycles. The molecule has 1 fully saturated rings. The minimum absolute atomic E-state index is 0.0544. The van der Waals surface area contributed by atoms with Crippen LogP contribution in [-0.2, 0) is 6.42 Å². The van der Waals surface area contributed by atoms with Crippen LogP contribution < -0.4 is 4.74 Å². The van der Waals surface area contributed by atoms with E-state index in [2.05, 4.69) is 33.1 Å². The van der Waals surface area contributed by atoms with Crippen LogP contribution in [0.25, 0.3) is 11.3 Å². The summed E-state index contributed by atoms with van der Waals surface area (Å²) in [6, 6.07) is 15.9. The number of carbonyl (C=O) groups is 1. The SMILES string of the molecule is Cc1cc(Oc2cnc([C@H]3CCCN3[C@@H]3CCCc4ccc(-c5cccc(C(=O)O)n5)cc43)cn2)cc(C)c1Cl. The molecule has 2 atom stereocenters. The first-order chi connectivity index (χ1) is 19.4. The van der Waals surface area contributed by atoms with E-state index in [1.807, 2.05) is 38.2 Å². The summed E-state index contributed by atoms with van der Waals surface area (Å²) in [5.74, 6) is 0.133. The van der Waals surface area contributed by atoms with Crippen LogP contribution in [0, 0.1) is 13.8 Å². The van der Waals surface area contributed by atoms with E-state index in [1.54, 1.807) is 12.3 Å². The molecule has 204 valence electrons. The van der Waals surface area contributed by atoms with E-state index < -0.39 is 5.97 Å². The molecule has 0 bridgehead atoms. The Hall–Kier alpha value is -3.81. The average Bonchev–Trinajstić information content (AvgIpc) is 3.45. The van der Waals surface area contributed by atoms with Gasteiger partial charge in [-0.05, 0) is 105 Å². The van der Waals surface area contributed by atoms with Crippen LogP contribution in [0.15, 0.2) is 60.9 Å². The van der Waals surface area contributed by atoms with Gasteiger partial charge in [0, 0.05) is 16.6 Å². The number of likely N-dealkylation sites (tertiary alicyclic amines) is 1. The number of pyridine rings is 1. The fraction of sp³-hybridized carbons (Fsp3) is 0.312. The normalized spacial score (nSPS) is 18.9. The number of hydrogen-bond acceptors (Lipinski definition) is 6. The zero-order valence-corrected chi connectivity index (χ0v) is 23.4. The molecule has 0 saturated carbocycles. The molecule has 1 N–H and O–H groups in total. The second-order valence-corrected chi connectivity index (χ2v) is 11.1. The van der Waals surface area contributed by atoms with E-state index in [0.717, 1.165) is 66.1 Å². The second-order valence-electron chi connectivity index (χ2n) is 10.7. The van der Waals surface area contributed by atoms with E-state index in [1.165, 1.54) is 17.2 Å². The molecular weight excluding hydrogens is 524 g/mol. The maximum Gasteiger partial charge on any atom is 0.354 e. The Bertz CT molecular complexity index is 1550. The first-order valence-corrected chi connectivity index (χ1v) is 14.1. The summed E-state index contributed by atoms with van der Waals surface area (Å²) in [7, 11) is 0. The van der Waals surface area contributed by atoms with E-state index in [4.69, 9.17) is 21.3 Å². The van der Waals surface area contributed by atoms with Gasteiger partial charge in [-0.1, -0.05) is 29.8 Å². The van der Waals surface area contributed by atoms with Crippen LogP contribution in [0.2, 0.25) is 5.02 Å². The van der Waals surface area contributed by atoms with Crippen molar-refractivity contribution in [3.63, 3.8) is 0 Å². The molecule has 40 heavy (non-hydrogen) atoms. The zero-order chi connectivity index (χ0) is 27.8. The number of rotatable bonds is 6. The quantitative estimate of drug-likeness (QED) is 0.264. The van der Waals surface area contributed by atoms with Gasteiger partial charge in [0.15, 0.2) is 0 Å². The van der Waals surface area contributed by atoms with Gasteiger partial charge in [0.1, 0.15) is 11.4 Å². The fourth-order valence-corrected chi connectivity index (χ4v) is 6.22. The van der Waals surface area contributed by atoms with Crippen LogP contribution in [0.4, 0.5) is 0 Å². The average molecular weight is 555 g/mol. The third-order valence-electron chi connectivity index (χ3n) is 8.01. The molecule has 0 unspecified atom stereocenters. The number of aryl methyl sites for hydroxylation is 3. The Labute approximate surface area is 238 Å². The molecule has 0 radical (unpaired) electrons. The lowest BCUT2D eigenvalue weighted by Crippen LogP contribution is -2.31. The Balaban J connectivity index is 1.25. The minimum atomic E-state index is -1.02. The first-order valence-electron chi connectivity index (χ1n) is 13.7. The largest absolute Gasteiger partial charge is 0.477 e. The number of aromatic carboxylic acids is 1. The van der Waals surface area contributed by atoms with Gasteiger partial charge in [0.05, 0.1) is 29.8 Å². The van der Waals surface area contributed by atoms with Crippen molar-refractivity contribution in [2.45, 2.75) is 58.0 Å². The number of carboxylic acid groups (broad SMARTS) is 1. The zero-order valence-electron chi connectivity index (χ0n) is 22.6. The highest BCUT2D eigenvalue weighted by atomic mass is 35.5. The standard InChI is InChI=1S/C32H31ClN4O3/c1-19-14-23(15-20(2)31(19)33)40-30-18-34-27(17-35-30)29-10-5-13-37(29)28-9-3-6-21-11-12-22(16-24(21)28)25-7-4-8-26(36-25)32(38)39/h4,7-8,11-12,14-18,28-29H,3,5-6,9-10,13H2,1-2H3,(H,38,39)/t28-,29-/m1/s1. The van der Waals surface area contributed by atoms with Gasteiger partial charge < -0.3 is 9.84 Å². The van der Waals surface area contributed by atoms with Gasteiger partial charge in [-0.2, -0.15) is 0 Å². The molecule has 1 aliphatic carbocycles. The van der Waals surface area contributed by atoms with Crippen LogP contribution in [0.1, 0.15) is 76.2 Å². The third-order valence-corrected chi connectivity index (χ3v) is 8.61. The molecule has 1 aliphatic heterocycles. The molecule has 6 rings (SSSR count). The highest BCUT2D eigenvalue weighted by molar-refractivity contribution is 6.32. The highest BCUT2D eigenvalue weighted by Gasteiger charge is 2.36. The second kappa shape index (κ2) is 11.0. The molecule has 2 aromatic heterocycles. The van der Waals surface area contributed by atoms with Crippen molar-refractivity contribution < 1.29 is 14.6 Å². The highest BCUT2D eigenvalue weighted by Crippen LogP contribution is 2.44. The monoisotopic (exact) mass is 554 g/mol. The van der Waals surface area contributed by atoms with Crippen molar-refractivity contribution in [2.75, 3.05) is 6.54 Å². The Morgan fingerprint density at radius 1 is 1.00 bits per heavy atom. The number of carboxylic acids is 1. The predicted molar refractivity (Wildman–Crippen MR) is 154 cm³/mol. The third kappa shape index (κ3) is 5.19. The van der Waals surface area contributed by atoms with Crippen molar-refractivity contribution in [3.05, 3.63) is 99.6 Å². The summed E-state index contributed by atoms with van der Waals surface area (Å²) in [6.45, 7) is 4.92. The number of ether oxygens (including phenoxy) is 1. The fourth-order valence-electron chi connectivity index (χ4n) is 6.11. The van der Waals surface area contributed by atoms with Crippen molar-refractivity contribution in [1.82, 2.24) is 19.9 Å². The Morgan fingerprint density at radius 2 is 1.80 bits per heavy atom. The van der Waals surface area contributed by atoms with Crippen LogP contribution in [0.5, 0.6) is 11.6 Å². The van der Waals surface area contributed by atoms with Gasteiger partial charge >= 0.3 is 5.97 Å². The topological polar surface area (TPSA) is 88.4 Å². The number of hydrogen-bond donors (Lipinski definition) is 1. The lowest BCUT2D eigenvalue weighted by Gasteiger charge is -2.37. The van der Waals surface area contributed by atoms with E-state index in [-0.39, 0.29) is 17.8 Å². The van der Waals surface area contributed by atoms with Gasteiger partial charge in [0.25, 0.3) is 0 Å². The molecule has 7 nitrogen and oxygen atoms in total. The molecule has 8 heteroatoms. The van der Waals surface area contributed by atoms with Crippen molar-refractivity contribution >= 4 is 17.6 Å². The van der Waals surface area contributed by atoms with Crippen LogP contribution >= 0.6 is 11.6 Å². The molecule has 0 amide bonds. The molecule has 4 aromatic rings. The van der Waals surface area contributed by atoms with E-state index >= 15 is 0 Å². The molecular formula is C32H31ClN4O3. The van der Waals surface area contributed by atoms with Gasteiger partial charge in [-0.3, -0.25) is 9.88 Å². The number of fused-ring (bicyclic) bond motifs is 1. The smallest absolute Gasteiger partial charge is 0.354 e. The van der Waals surface area contributed by atoms with E-state index in [0.29, 0.717) is 17.3 Å². The number of benzene rings is 2. The van der Waals surface area contributed by atoms with Crippen molar-refractivity contribution in [1.29, 1.82) is 0 Å². The van der Waals surface area contributed by atoms with Crippen LogP contribution in [0.3, 0.4) is 0 Å². The van der Waals surface area contributed by atoms with Crippen molar-refractivity contribution in [3.8, 4) is 22.9 Å². The Kier molecular flexibility index (Phi) is 7.26. The molecule has 2 aromatic carbocycles. The predicted octanol–water partition coefficient (Wildman–Crippen LogP) is 7.51. The lowest BCUT2D eigenvalue weighted by atomic mass is 9.85. The first kappa shape index (κ1) is 26.4. The van der Waals surface area contributed by atoms with Crippen LogP contribution in [-0.4, -0.2) is 37.5 Å². The summed E-state index contributed by atoms with van der Waals surface area (Å²) in [5.41, 5.74) is 7.21. The summed E-state index contributed by atoms with van der Waals surface area (Å²) in [5, 5.41) is 10.1. The minimum Gasteiger partial charge on any atom is -0.477 e. The van der Waals surface area contributed by atoms with Crippen molar-refractivity contribution in [2.24, 2.45) is 0 Å². The number of aromatic nitrogens is 3. The summed E-state index contributed by atoms with van der Waals surface area (Å²) in [4.78, 5) is 27.8. The molecule has 0 spiro atoms. The van der Waals surface area contributed by atoms with Gasteiger partial charge in [-0.25, -0.2) is 14.8 Å².